The van der Waals surface area contributed by atoms with Crippen LogP contribution in [0.3, 0.4) is 0 Å². The predicted molar refractivity (Wildman–Crippen MR) is 92.5 cm³/mol. The number of anilines is 1. The number of thiophene rings is 1. The third kappa shape index (κ3) is 3.42. The first-order valence-corrected chi connectivity index (χ1v) is 8.75. The molecule has 1 unspecified atom stereocenters. The summed E-state index contributed by atoms with van der Waals surface area (Å²) in [7, 11) is 1.96. The molecule has 0 spiro atoms. The SMILES string of the molecule is CNC(C)c1ccc(N(Cc2ccsc2)C2CC2)cc1Cl. The number of halogens is 1. The van der Waals surface area contributed by atoms with E-state index < -0.39 is 0 Å². The van der Waals surface area contributed by atoms with Gasteiger partial charge in [0, 0.05) is 29.3 Å². The molecule has 0 bridgehead atoms. The number of rotatable bonds is 6. The molecule has 1 heterocycles. The first kappa shape index (κ1) is 14.9. The van der Waals surface area contributed by atoms with Crippen molar-refractivity contribution in [1.82, 2.24) is 5.32 Å². The maximum absolute atomic E-state index is 6.49. The van der Waals surface area contributed by atoms with E-state index in [2.05, 4.69) is 52.2 Å². The van der Waals surface area contributed by atoms with Gasteiger partial charge in [-0.15, -0.1) is 0 Å². The highest BCUT2D eigenvalue weighted by atomic mass is 35.5. The van der Waals surface area contributed by atoms with Crippen molar-refractivity contribution in [3.8, 4) is 0 Å². The molecule has 0 radical (unpaired) electrons. The first-order chi connectivity index (χ1) is 10.2. The van der Waals surface area contributed by atoms with Gasteiger partial charge in [-0.25, -0.2) is 0 Å². The zero-order valence-electron chi connectivity index (χ0n) is 12.5. The molecule has 1 atom stereocenters. The molecular weight excluding hydrogens is 300 g/mol. The molecule has 2 aromatic rings. The lowest BCUT2D eigenvalue weighted by Crippen LogP contribution is -2.25. The van der Waals surface area contributed by atoms with Crippen LogP contribution in [0.2, 0.25) is 5.02 Å². The second kappa shape index (κ2) is 6.39. The Hall–Kier alpha value is -1.03. The van der Waals surface area contributed by atoms with Crippen molar-refractivity contribution in [1.29, 1.82) is 0 Å². The lowest BCUT2D eigenvalue weighted by Gasteiger charge is -2.25. The second-order valence-electron chi connectivity index (χ2n) is 5.71. The van der Waals surface area contributed by atoms with Gasteiger partial charge in [-0.05, 0) is 66.9 Å². The third-order valence-corrected chi connectivity index (χ3v) is 5.20. The molecule has 1 aromatic carbocycles. The molecule has 21 heavy (non-hydrogen) atoms. The average Bonchev–Trinajstić information content (AvgIpc) is 3.20. The Balaban J connectivity index is 1.84. The van der Waals surface area contributed by atoms with Gasteiger partial charge in [0.05, 0.1) is 0 Å². The molecule has 2 nitrogen and oxygen atoms in total. The van der Waals surface area contributed by atoms with Crippen LogP contribution in [0.15, 0.2) is 35.0 Å². The van der Waals surface area contributed by atoms with Crippen molar-refractivity contribution >= 4 is 28.6 Å². The van der Waals surface area contributed by atoms with E-state index in [1.54, 1.807) is 11.3 Å². The lowest BCUT2D eigenvalue weighted by molar-refractivity contribution is 0.652. The van der Waals surface area contributed by atoms with Gasteiger partial charge in [-0.3, -0.25) is 0 Å². The van der Waals surface area contributed by atoms with Gasteiger partial charge >= 0.3 is 0 Å². The van der Waals surface area contributed by atoms with Gasteiger partial charge in [0.25, 0.3) is 0 Å². The maximum Gasteiger partial charge on any atom is 0.0474 e. The topological polar surface area (TPSA) is 15.3 Å². The maximum atomic E-state index is 6.49. The molecule has 1 saturated carbocycles. The largest absolute Gasteiger partial charge is 0.364 e. The monoisotopic (exact) mass is 320 g/mol. The van der Waals surface area contributed by atoms with E-state index in [0.29, 0.717) is 6.04 Å². The van der Waals surface area contributed by atoms with Gasteiger partial charge in [0.2, 0.25) is 0 Å². The minimum atomic E-state index is 0.276. The summed E-state index contributed by atoms with van der Waals surface area (Å²) >= 11 is 8.25. The molecule has 3 rings (SSSR count). The van der Waals surface area contributed by atoms with Crippen LogP contribution in [-0.2, 0) is 6.54 Å². The Kier molecular flexibility index (Phi) is 4.53. The molecule has 1 aliphatic rings. The van der Waals surface area contributed by atoms with Gasteiger partial charge < -0.3 is 10.2 Å². The zero-order chi connectivity index (χ0) is 14.8. The number of hydrogen-bond donors (Lipinski definition) is 1. The molecule has 1 fully saturated rings. The fraction of sp³-hybridized carbons (Fsp3) is 0.412. The van der Waals surface area contributed by atoms with Gasteiger partial charge in [-0.1, -0.05) is 17.7 Å². The molecule has 112 valence electrons. The number of nitrogens with zero attached hydrogens (tertiary/aromatic N) is 1. The summed E-state index contributed by atoms with van der Waals surface area (Å²) in [5.41, 5.74) is 3.78. The van der Waals surface area contributed by atoms with E-state index in [-0.39, 0.29) is 6.04 Å². The van der Waals surface area contributed by atoms with Crippen molar-refractivity contribution in [3.63, 3.8) is 0 Å². The molecule has 0 aliphatic heterocycles. The Morgan fingerprint density at radius 1 is 1.38 bits per heavy atom. The van der Waals surface area contributed by atoms with Crippen LogP contribution in [0, 0.1) is 0 Å². The van der Waals surface area contributed by atoms with Crippen molar-refractivity contribution in [3.05, 3.63) is 51.2 Å². The van der Waals surface area contributed by atoms with E-state index in [4.69, 9.17) is 11.6 Å². The number of nitrogens with one attached hydrogen (secondary N) is 1. The highest BCUT2D eigenvalue weighted by Gasteiger charge is 2.29. The predicted octanol–water partition coefficient (Wildman–Crippen LogP) is 4.85. The fourth-order valence-electron chi connectivity index (χ4n) is 2.60. The normalized spacial score (nSPS) is 16.0. The molecule has 0 saturated heterocycles. The van der Waals surface area contributed by atoms with E-state index >= 15 is 0 Å². The van der Waals surface area contributed by atoms with Gasteiger partial charge in [0.1, 0.15) is 0 Å². The van der Waals surface area contributed by atoms with E-state index in [1.807, 2.05) is 7.05 Å². The van der Waals surface area contributed by atoms with Crippen molar-refractivity contribution in [2.24, 2.45) is 0 Å². The summed E-state index contributed by atoms with van der Waals surface area (Å²) in [6, 6.07) is 9.64. The van der Waals surface area contributed by atoms with Gasteiger partial charge in [-0.2, -0.15) is 11.3 Å². The van der Waals surface area contributed by atoms with Crippen LogP contribution in [0.4, 0.5) is 5.69 Å². The first-order valence-electron chi connectivity index (χ1n) is 7.43. The fourth-order valence-corrected chi connectivity index (χ4v) is 3.60. The third-order valence-electron chi connectivity index (χ3n) is 4.14. The molecular formula is C17H21ClN2S. The molecule has 4 heteroatoms. The number of benzene rings is 1. The van der Waals surface area contributed by atoms with Crippen LogP contribution < -0.4 is 10.2 Å². The highest BCUT2D eigenvalue weighted by molar-refractivity contribution is 7.07. The van der Waals surface area contributed by atoms with E-state index in [1.165, 1.54) is 24.1 Å². The summed E-state index contributed by atoms with van der Waals surface area (Å²) in [6.07, 6.45) is 2.58. The summed E-state index contributed by atoms with van der Waals surface area (Å²) in [4.78, 5) is 2.49. The highest BCUT2D eigenvalue weighted by Crippen LogP contribution is 2.36. The Morgan fingerprint density at radius 3 is 2.76 bits per heavy atom. The summed E-state index contributed by atoms with van der Waals surface area (Å²) in [5, 5.41) is 8.47. The molecule has 1 aliphatic carbocycles. The lowest BCUT2D eigenvalue weighted by atomic mass is 10.1. The molecule has 0 amide bonds. The van der Waals surface area contributed by atoms with Crippen LogP contribution in [-0.4, -0.2) is 13.1 Å². The summed E-state index contributed by atoms with van der Waals surface area (Å²) in [6.45, 7) is 3.11. The zero-order valence-corrected chi connectivity index (χ0v) is 14.0. The molecule has 1 N–H and O–H groups in total. The Labute approximate surface area is 135 Å². The number of hydrogen-bond acceptors (Lipinski definition) is 3. The minimum absolute atomic E-state index is 0.276. The van der Waals surface area contributed by atoms with E-state index in [9.17, 15) is 0 Å². The van der Waals surface area contributed by atoms with Crippen LogP contribution in [0.25, 0.3) is 0 Å². The van der Waals surface area contributed by atoms with Crippen LogP contribution >= 0.6 is 22.9 Å². The minimum Gasteiger partial charge on any atom is -0.364 e. The quantitative estimate of drug-likeness (QED) is 0.818. The van der Waals surface area contributed by atoms with Crippen molar-refractivity contribution in [2.75, 3.05) is 11.9 Å². The average molecular weight is 321 g/mol. The van der Waals surface area contributed by atoms with Gasteiger partial charge in [0.15, 0.2) is 0 Å². The van der Waals surface area contributed by atoms with Crippen molar-refractivity contribution < 1.29 is 0 Å². The summed E-state index contributed by atoms with van der Waals surface area (Å²) < 4.78 is 0. The van der Waals surface area contributed by atoms with Crippen LogP contribution in [0.1, 0.15) is 36.9 Å². The molecule has 1 aromatic heterocycles. The smallest absolute Gasteiger partial charge is 0.0474 e. The van der Waals surface area contributed by atoms with E-state index in [0.717, 1.165) is 17.1 Å². The Bertz CT molecular complexity index is 593. The van der Waals surface area contributed by atoms with Crippen LogP contribution in [0.5, 0.6) is 0 Å². The van der Waals surface area contributed by atoms with Crippen molar-refractivity contribution in [2.45, 2.75) is 38.4 Å². The Morgan fingerprint density at radius 2 is 2.19 bits per heavy atom. The second-order valence-corrected chi connectivity index (χ2v) is 6.89. The summed E-state index contributed by atoms with van der Waals surface area (Å²) in [5.74, 6) is 0. The standard InChI is InChI=1S/C17H21ClN2S/c1-12(19-2)16-6-5-15(9-17(16)18)20(14-3-4-14)10-13-7-8-21-11-13/h5-9,11-12,14,19H,3-4,10H2,1-2H3.